The number of aromatic nitrogens is 2. The Morgan fingerprint density at radius 3 is 2.71 bits per heavy atom. The summed E-state index contributed by atoms with van der Waals surface area (Å²) < 4.78 is 1.09. The molecular weight excluding hydrogens is 388 g/mol. The van der Waals surface area contributed by atoms with Gasteiger partial charge in [0.05, 0.1) is 20.6 Å². The Balaban J connectivity index is 1.62. The number of rotatable bonds is 7. The first-order chi connectivity index (χ1) is 11.6. The van der Waals surface area contributed by atoms with Gasteiger partial charge in [0.2, 0.25) is 5.91 Å². The summed E-state index contributed by atoms with van der Waals surface area (Å²) in [5, 5.41) is 10.6. The van der Waals surface area contributed by atoms with Gasteiger partial charge in [-0.2, -0.15) is 5.10 Å². The Morgan fingerprint density at radius 1 is 1.25 bits per heavy atom. The second-order valence-corrected chi connectivity index (χ2v) is 7.85. The van der Waals surface area contributed by atoms with E-state index in [0.29, 0.717) is 19.4 Å². The second kappa shape index (κ2) is 7.63. The molecule has 0 atom stereocenters. The maximum atomic E-state index is 10.8. The molecule has 0 saturated heterocycles. The van der Waals surface area contributed by atoms with Crippen LogP contribution in [-0.2, 0) is 17.8 Å². The number of carbonyl (C=O) groups excluding carboxylic acids is 1. The number of anilines is 1. The van der Waals surface area contributed by atoms with Crippen LogP contribution in [0.15, 0.2) is 46.4 Å². The number of aryl methyl sites for hydroxylation is 1. The van der Waals surface area contributed by atoms with Crippen molar-refractivity contribution in [3.63, 3.8) is 0 Å². The normalized spacial score (nSPS) is 10.7. The highest BCUT2D eigenvalue weighted by Gasteiger charge is 2.09. The Morgan fingerprint density at radius 2 is 2.04 bits per heavy atom. The lowest BCUT2D eigenvalue weighted by atomic mass is 10.1. The number of halogens is 1. The van der Waals surface area contributed by atoms with E-state index in [1.165, 1.54) is 0 Å². The van der Waals surface area contributed by atoms with E-state index in [-0.39, 0.29) is 5.91 Å². The van der Waals surface area contributed by atoms with Crippen molar-refractivity contribution in [3.8, 4) is 10.6 Å². The van der Waals surface area contributed by atoms with Crippen LogP contribution in [0.4, 0.5) is 5.69 Å². The van der Waals surface area contributed by atoms with Gasteiger partial charge in [-0.05, 0) is 52.2 Å². The van der Waals surface area contributed by atoms with Crippen molar-refractivity contribution in [2.24, 2.45) is 5.73 Å². The van der Waals surface area contributed by atoms with Crippen LogP contribution in [-0.4, -0.2) is 16.1 Å². The van der Waals surface area contributed by atoms with E-state index >= 15 is 0 Å². The summed E-state index contributed by atoms with van der Waals surface area (Å²) in [5.41, 5.74) is 9.45. The summed E-state index contributed by atoms with van der Waals surface area (Å²) >= 11 is 5.16. The minimum atomic E-state index is -0.273. The maximum Gasteiger partial charge on any atom is 0.217 e. The number of hydrogen-bond acceptors (Lipinski definition) is 4. The number of amides is 1. The standard InChI is InChI=1S/C17H17BrN4OS/c18-15-7-6-14(24-15)17-12(10-21-22-17)9-20-13-4-1-11(2-5-13)3-8-16(19)23/h1-2,4-7,10,20H,3,8-9H2,(H2,19,23)(H,21,22). The predicted octanol–water partition coefficient (Wildman–Crippen LogP) is 3.93. The predicted molar refractivity (Wildman–Crippen MR) is 101 cm³/mol. The second-order valence-electron chi connectivity index (χ2n) is 5.39. The molecule has 0 radical (unpaired) electrons. The van der Waals surface area contributed by atoms with Crippen molar-refractivity contribution in [3.05, 3.63) is 57.5 Å². The van der Waals surface area contributed by atoms with Crippen LogP contribution in [0.1, 0.15) is 17.5 Å². The van der Waals surface area contributed by atoms with E-state index < -0.39 is 0 Å². The number of thiophene rings is 1. The third-order valence-corrected chi connectivity index (χ3v) is 5.28. The number of nitrogens with two attached hydrogens (primary N) is 1. The molecule has 0 aliphatic carbocycles. The molecule has 24 heavy (non-hydrogen) atoms. The highest BCUT2D eigenvalue weighted by molar-refractivity contribution is 9.11. The zero-order chi connectivity index (χ0) is 16.9. The molecule has 124 valence electrons. The lowest BCUT2D eigenvalue weighted by Crippen LogP contribution is -2.11. The number of nitrogens with zero attached hydrogens (tertiary/aromatic N) is 1. The first-order valence-electron chi connectivity index (χ1n) is 7.51. The molecule has 0 fully saturated rings. The maximum absolute atomic E-state index is 10.8. The summed E-state index contributed by atoms with van der Waals surface area (Å²) in [4.78, 5) is 12.0. The van der Waals surface area contributed by atoms with E-state index in [1.807, 2.05) is 36.5 Å². The number of aromatic amines is 1. The summed E-state index contributed by atoms with van der Waals surface area (Å²) in [6, 6.07) is 12.1. The van der Waals surface area contributed by atoms with Crippen molar-refractivity contribution >= 4 is 38.9 Å². The van der Waals surface area contributed by atoms with Gasteiger partial charge < -0.3 is 11.1 Å². The Bertz CT molecular complexity index is 825. The molecule has 3 rings (SSSR count). The van der Waals surface area contributed by atoms with Gasteiger partial charge in [-0.25, -0.2) is 0 Å². The Labute approximate surface area is 152 Å². The third-order valence-electron chi connectivity index (χ3n) is 3.63. The molecule has 1 amide bonds. The molecule has 4 N–H and O–H groups in total. The van der Waals surface area contributed by atoms with E-state index in [9.17, 15) is 4.79 Å². The summed E-state index contributed by atoms with van der Waals surface area (Å²) in [6.07, 6.45) is 2.90. The molecule has 2 heterocycles. The van der Waals surface area contributed by atoms with Crippen molar-refractivity contribution in [1.29, 1.82) is 0 Å². The molecule has 0 spiro atoms. The molecule has 2 aromatic heterocycles. The smallest absolute Gasteiger partial charge is 0.217 e. The van der Waals surface area contributed by atoms with Crippen LogP contribution < -0.4 is 11.1 Å². The quantitative estimate of drug-likeness (QED) is 0.557. The molecule has 0 saturated carbocycles. The van der Waals surface area contributed by atoms with Gasteiger partial charge in [-0.15, -0.1) is 11.3 Å². The average Bonchev–Trinajstić information content (AvgIpc) is 3.20. The zero-order valence-corrected chi connectivity index (χ0v) is 15.3. The van der Waals surface area contributed by atoms with Gasteiger partial charge in [0.15, 0.2) is 0 Å². The SMILES string of the molecule is NC(=O)CCc1ccc(NCc2cn[nH]c2-c2ccc(Br)s2)cc1. The van der Waals surface area contributed by atoms with Gasteiger partial charge in [0, 0.05) is 24.2 Å². The third kappa shape index (κ3) is 4.24. The van der Waals surface area contributed by atoms with Crippen molar-refractivity contribution < 1.29 is 4.79 Å². The summed E-state index contributed by atoms with van der Waals surface area (Å²) in [7, 11) is 0. The molecular formula is C17H17BrN4OS. The van der Waals surface area contributed by atoms with Crippen LogP contribution in [0.25, 0.3) is 10.6 Å². The monoisotopic (exact) mass is 404 g/mol. The van der Waals surface area contributed by atoms with E-state index in [0.717, 1.165) is 31.2 Å². The van der Waals surface area contributed by atoms with Crippen LogP contribution >= 0.6 is 27.3 Å². The zero-order valence-electron chi connectivity index (χ0n) is 12.9. The molecule has 1 aromatic carbocycles. The molecule has 3 aromatic rings. The van der Waals surface area contributed by atoms with Gasteiger partial charge >= 0.3 is 0 Å². The van der Waals surface area contributed by atoms with Gasteiger partial charge in [0.1, 0.15) is 0 Å². The lowest BCUT2D eigenvalue weighted by molar-refractivity contribution is -0.117. The highest BCUT2D eigenvalue weighted by atomic mass is 79.9. The van der Waals surface area contributed by atoms with Gasteiger partial charge in [0.25, 0.3) is 0 Å². The van der Waals surface area contributed by atoms with E-state index in [2.05, 4.69) is 37.5 Å². The number of benzene rings is 1. The first-order valence-corrected chi connectivity index (χ1v) is 9.12. The summed E-state index contributed by atoms with van der Waals surface area (Å²) in [6.45, 7) is 0.683. The Hall–Kier alpha value is -2.12. The van der Waals surface area contributed by atoms with Gasteiger partial charge in [-0.1, -0.05) is 12.1 Å². The largest absolute Gasteiger partial charge is 0.381 e. The number of carbonyl (C=O) groups is 1. The minimum Gasteiger partial charge on any atom is -0.381 e. The summed E-state index contributed by atoms with van der Waals surface area (Å²) in [5.74, 6) is -0.273. The van der Waals surface area contributed by atoms with E-state index in [4.69, 9.17) is 5.73 Å². The lowest BCUT2D eigenvalue weighted by Gasteiger charge is -2.07. The molecule has 0 aliphatic heterocycles. The number of H-pyrrole nitrogens is 1. The van der Waals surface area contributed by atoms with Crippen LogP contribution in [0.5, 0.6) is 0 Å². The molecule has 5 nitrogen and oxygen atoms in total. The van der Waals surface area contributed by atoms with E-state index in [1.54, 1.807) is 11.3 Å². The average molecular weight is 405 g/mol. The molecule has 0 aliphatic rings. The molecule has 7 heteroatoms. The number of primary amides is 1. The van der Waals surface area contributed by atoms with Gasteiger partial charge in [-0.3, -0.25) is 9.89 Å². The Kier molecular flexibility index (Phi) is 5.32. The molecule has 0 unspecified atom stereocenters. The fourth-order valence-electron chi connectivity index (χ4n) is 2.36. The number of hydrogen-bond donors (Lipinski definition) is 3. The number of nitrogens with one attached hydrogen (secondary N) is 2. The minimum absolute atomic E-state index is 0.273. The topological polar surface area (TPSA) is 83.8 Å². The van der Waals surface area contributed by atoms with Crippen molar-refractivity contribution in [2.45, 2.75) is 19.4 Å². The highest BCUT2D eigenvalue weighted by Crippen LogP contribution is 2.32. The fraction of sp³-hybridized carbons (Fsp3) is 0.176. The van der Waals surface area contributed by atoms with Crippen LogP contribution in [0.2, 0.25) is 0 Å². The van der Waals surface area contributed by atoms with Crippen LogP contribution in [0.3, 0.4) is 0 Å². The fourth-order valence-corrected chi connectivity index (χ4v) is 3.78. The van der Waals surface area contributed by atoms with Crippen molar-refractivity contribution in [2.75, 3.05) is 5.32 Å². The molecule has 0 bridgehead atoms. The first kappa shape index (κ1) is 16.7. The van der Waals surface area contributed by atoms with Crippen LogP contribution in [0, 0.1) is 0 Å². The van der Waals surface area contributed by atoms with Crippen molar-refractivity contribution in [1.82, 2.24) is 10.2 Å².